The monoisotopic (exact) mass is 202 g/mol. The summed E-state index contributed by atoms with van der Waals surface area (Å²) in [5.41, 5.74) is -0.575. The van der Waals surface area contributed by atoms with Gasteiger partial charge in [-0.25, -0.2) is 0 Å². The molecular weight excluding hydrogens is 184 g/mol. The van der Waals surface area contributed by atoms with Crippen LogP contribution < -0.4 is 0 Å². The first-order valence-electron chi connectivity index (χ1n) is 5.00. The lowest BCUT2D eigenvalue weighted by Gasteiger charge is -2.39. The Morgan fingerprint density at radius 1 is 1.43 bits per heavy atom. The van der Waals surface area contributed by atoms with Crippen LogP contribution in [0.5, 0.6) is 0 Å². The minimum absolute atomic E-state index is 0.509. The van der Waals surface area contributed by atoms with Gasteiger partial charge in [0.25, 0.3) is 5.09 Å². The minimum Gasteiger partial charge on any atom is -0.307 e. The van der Waals surface area contributed by atoms with Crippen LogP contribution in [0.4, 0.5) is 0 Å². The standard InChI is InChI=1S/C9H18N2O3/c1-8(2)10-6-4-9(3,5-7-10)14-11(12)13/h8H,4-7H2,1-3H3. The minimum atomic E-state index is -0.676. The first kappa shape index (κ1) is 11.2. The Labute approximate surface area is 84.1 Å². The highest BCUT2D eigenvalue weighted by molar-refractivity contribution is 4.83. The molecule has 82 valence electrons. The summed E-state index contributed by atoms with van der Waals surface area (Å²) in [4.78, 5) is 17.3. The normalized spacial score (nSPS) is 22.3. The van der Waals surface area contributed by atoms with Crippen molar-refractivity contribution >= 4 is 0 Å². The maximum Gasteiger partial charge on any atom is 0.295 e. The molecule has 0 radical (unpaired) electrons. The molecule has 0 saturated carbocycles. The van der Waals surface area contributed by atoms with Crippen LogP contribution in [0.1, 0.15) is 33.6 Å². The zero-order valence-corrected chi connectivity index (χ0v) is 9.02. The van der Waals surface area contributed by atoms with Crippen LogP contribution in [-0.4, -0.2) is 34.7 Å². The van der Waals surface area contributed by atoms with Gasteiger partial charge in [0.1, 0.15) is 5.60 Å². The molecule has 1 heterocycles. The number of likely N-dealkylation sites (tertiary alicyclic amines) is 1. The van der Waals surface area contributed by atoms with E-state index in [1.807, 2.05) is 6.92 Å². The van der Waals surface area contributed by atoms with Crippen LogP contribution >= 0.6 is 0 Å². The van der Waals surface area contributed by atoms with Crippen molar-refractivity contribution in [3.8, 4) is 0 Å². The van der Waals surface area contributed by atoms with E-state index in [9.17, 15) is 10.1 Å². The van der Waals surface area contributed by atoms with Crippen LogP contribution in [-0.2, 0) is 4.84 Å². The summed E-state index contributed by atoms with van der Waals surface area (Å²) in [7, 11) is 0. The van der Waals surface area contributed by atoms with Gasteiger partial charge in [-0.15, -0.1) is 10.1 Å². The Morgan fingerprint density at radius 3 is 2.29 bits per heavy atom. The molecule has 1 aliphatic heterocycles. The first-order valence-corrected chi connectivity index (χ1v) is 5.00. The molecule has 0 bridgehead atoms. The van der Waals surface area contributed by atoms with E-state index in [4.69, 9.17) is 4.84 Å². The van der Waals surface area contributed by atoms with E-state index in [1.54, 1.807) is 0 Å². The largest absolute Gasteiger partial charge is 0.307 e. The predicted octanol–water partition coefficient (Wildman–Crippen LogP) is 1.46. The number of rotatable bonds is 3. The molecule has 14 heavy (non-hydrogen) atoms. The second-order valence-electron chi connectivity index (χ2n) is 4.39. The third kappa shape index (κ3) is 2.83. The van der Waals surface area contributed by atoms with E-state index in [0.717, 1.165) is 25.9 Å². The molecule has 0 spiro atoms. The fourth-order valence-electron chi connectivity index (χ4n) is 1.78. The van der Waals surface area contributed by atoms with E-state index in [0.29, 0.717) is 6.04 Å². The summed E-state index contributed by atoms with van der Waals surface area (Å²) >= 11 is 0. The van der Waals surface area contributed by atoms with E-state index < -0.39 is 10.7 Å². The molecule has 0 unspecified atom stereocenters. The van der Waals surface area contributed by atoms with E-state index in [1.165, 1.54) is 0 Å². The highest BCUT2D eigenvalue weighted by atomic mass is 17.0. The smallest absolute Gasteiger partial charge is 0.295 e. The molecule has 1 saturated heterocycles. The molecule has 1 fully saturated rings. The van der Waals surface area contributed by atoms with Gasteiger partial charge in [0.05, 0.1) is 0 Å². The fraction of sp³-hybridized carbons (Fsp3) is 1.00. The second-order valence-corrected chi connectivity index (χ2v) is 4.39. The Morgan fingerprint density at radius 2 is 1.93 bits per heavy atom. The summed E-state index contributed by atoms with van der Waals surface area (Å²) < 4.78 is 0. The first-order chi connectivity index (χ1) is 6.43. The van der Waals surface area contributed by atoms with Gasteiger partial charge in [-0.1, -0.05) is 0 Å². The molecule has 0 aliphatic carbocycles. The third-order valence-corrected chi connectivity index (χ3v) is 2.88. The topological polar surface area (TPSA) is 55.6 Å². The van der Waals surface area contributed by atoms with Gasteiger partial charge in [-0.3, -0.25) is 0 Å². The molecule has 5 heteroatoms. The molecule has 0 aromatic heterocycles. The van der Waals surface area contributed by atoms with Gasteiger partial charge >= 0.3 is 0 Å². The van der Waals surface area contributed by atoms with E-state index >= 15 is 0 Å². The fourth-order valence-corrected chi connectivity index (χ4v) is 1.78. The lowest BCUT2D eigenvalue weighted by Crippen LogP contribution is -2.47. The van der Waals surface area contributed by atoms with Crippen molar-refractivity contribution in [3.63, 3.8) is 0 Å². The Hall–Kier alpha value is -0.840. The molecular formula is C9H18N2O3. The Kier molecular flexibility index (Phi) is 3.31. The van der Waals surface area contributed by atoms with E-state index in [2.05, 4.69) is 18.7 Å². The number of piperidine rings is 1. The Balaban J connectivity index is 2.44. The molecule has 0 aromatic rings. The highest BCUT2D eigenvalue weighted by Gasteiger charge is 2.34. The number of hydrogen-bond donors (Lipinski definition) is 0. The summed E-state index contributed by atoms with van der Waals surface area (Å²) in [5, 5.41) is 9.58. The lowest BCUT2D eigenvalue weighted by atomic mass is 9.93. The zero-order chi connectivity index (χ0) is 10.8. The Bertz CT molecular complexity index is 210. The quantitative estimate of drug-likeness (QED) is 0.513. The molecule has 5 nitrogen and oxygen atoms in total. The van der Waals surface area contributed by atoms with Gasteiger partial charge < -0.3 is 9.74 Å². The molecule has 1 rings (SSSR count). The molecule has 0 aromatic carbocycles. The molecule has 0 N–H and O–H groups in total. The van der Waals surface area contributed by atoms with Crippen molar-refractivity contribution in [2.75, 3.05) is 13.1 Å². The maximum atomic E-state index is 10.3. The average Bonchev–Trinajstić information content (AvgIpc) is 2.02. The van der Waals surface area contributed by atoms with Gasteiger partial charge in [0.15, 0.2) is 0 Å². The lowest BCUT2D eigenvalue weighted by molar-refractivity contribution is -0.781. The SMILES string of the molecule is CC(C)N1CCC(C)(O[N+](=O)[O-])CC1. The van der Waals surface area contributed by atoms with Crippen LogP contribution in [0.2, 0.25) is 0 Å². The summed E-state index contributed by atoms with van der Waals surface area (Å²) in [6.45, 7) is 7.84. The highest BCUT2D eigenvalue weighted by Crippen LogP contribution is 2.26. The van der Waals surface area contributed by atoms with Crippen LogP contribution in [0.25, 0.3) is 0 Å². The van der Waals surface area contributed by atoms with Gasteiger partial charge in [0.2, 0.25) is 0 Å². The van der Waals surface area contributed by atoms with Gasteiger partial charge in [-0.2, -0.15) is 0 Å². The van der Waals surface area contributed by atoms with Crippen molar-refractivity contribution in [2.24, 2.45) is 0 Å². The van der Waals surface area contributed by atoms with Crippen molar-refractivity contribution in [1.82, 2.24) is 4.90 Å². The zero-order valence-electron chi connectivity index (χ0n) is 9.02. The van der Waals surface area contributed by atoms with Crippen molar-refractivity contribution < 1.29 is 9.92 Å². The summed E-state index contributed by atoms with van der Waals surface area (Å²) in [6, 6.07) is 0.509. The summed E-state index contributed by atoms with van der Waals surface area (Å²) in [5.74, 6) is 0. The average molecular weight is 202 g/mol. The second kappa shape index (κ2) is 4.13. The van der Waals surface area contributed by atoms with Crippen LogP contribution in [0.15, 0.2) is 0 Å². The van der Waals surface area contributed by atoms with Crippen LogP contribution in [0.3, 0.4) is 0 Å². The van der Waals surface area contributed by atoms with Crippen molar-refractivity contribution in [1.29, 1.82) is 0 Å². The van der Waals surface area contributed by atoms with E-state index in [-0.39, 0.29) is 0 Å². The van der Waals surface area contributed by atoms with Gasteiger partial charge in [0, 0.05) is 19.1 Å². The maximum absolute atomic E-state index is 10.3. The van der Waals surface area contributed by atoms with Crippen LogP contribution in [0, 0.1) is 10.1 Å². The van der Waals surface area contributed by atoms with Crippen molar-refractivity contribution in [2.45, 2.75) is 45.3 Å². The molecule has 0 amide bonds. The van der Waals surface area contributed by atoms with Gasteiger partial charge in [-0.05, 0) is 33.6 Å². The molecule has 0 atom stereocenters. The molecule has 1 aliphatic rings. The number of nitrogens with zero attached hydrogens (tertiary/aromatic N) is 2. The van der Waals surface area contributed by atoms with Crippen molar-refractivity contribution in [3.05, 3.63) is 10.1 Å². The predicted molar refractivity (Wildman–Crippen MR) is 52.4 cm³/mol. The summed E-state index contributed by atoms with van der Waals surface area (Å²) in [6.07, 6.45) is 1.46. The number of hydrogen-bond acceptors (Lipinski definition) is 4. The third-order valence-electron chi connectivity index (χ3n) is 2.88.